The lowest BCUT2D eigenvalue weighted by molar-refractivity contribution is -0.137. The normalized spacial score (nSPS) is 11.1. The van der Waals surface area contributed by atoms with E-state index >= 15 is 0 Å². The van der Waals surface area contributed by atoms with Crippen LogP contribution in [-0.4, -0.2) is 24.3 Å². The van der Waals surface area contributed by atoms with Crippen LogP contribution in [-0.2, 0) is 4.79 Å². The van der Waals surface area contributed by atoms with E-state index < -0.39 is 5.97 Å². The lowest BCUT2D eigenvalue weighted by Gasteiger charge is -2.08. The second-order valence-electron chi connectivity index (χ2n) is 6.95. The third-order valence-corrected chi connectivity index (χ3v) is 3.84. The van der Waals surface area contributed by atoms with E-state index in [0.717, 1.165) is 35.7 Å². The van der Waals surface area contributed by atoms with Crippen molar-refractivity contribution in [2.75, 3.05) is 13.2 Å². The van der Waals surface area contributed by atoms with Gasteiger partial charge < -0.3 is 14.6 Å². The number of carboxylic acid groups (broad SMARTS) is 1. The number of hydrogen-bond donors (Lipinski definition) is 1. The molecule has 28 heavy (non-hydrogen) atoms. The van der Waals surface area contributed by atoms with Crippen LogP contribution in [0.2, 0.25) is 0 Å². The zero-order valence-corrected chi connectivity index (χ0v) is 16.5. The molecule has 6 heteroatoms. The third kappa shape index (κ3) is 8.66. The van der Waals surface area contributed by atoms with Crippen LogP contribution in [0.5, 0.6) is 11.5 Å². The number of carbonyl (C=O) groups is 1. The van der Waals surface area contributed by atoms with Gasteiger partial charge >= 0.3 is 5.97 Å². The fourth-order valence-corrected chi connectivity index (χ4v) is 2.34. The summed E-state index contributed by atoms with van der Waals surface area (Å²) in [6, 6.07) is 15.0. The summed E-state index contributed by atoms with van der Waals surface area (Å²) in [5.74, 6) is 1.34. The molecule has 150 valence electrons. The molecular weight excluding hydrogens is 356 g/mol. The topological polar surface area (TPSA) is 80.5 Å². The predicted octanol–water partition coefficient (Wildman–Crippen LogP) is 6.16. The van der Waals surface area contributed by atoms with Crippen LogP contribution in [0.4, 0.5) is 11.4 Å². The molecule has 1 N–H and O–H groups in total. The highest BCUT2D eigenvalue weighted by atomic mass is 16.5. The smallest absolute Gasteiger partial charge is 0.303 e. The van der Waals surface area contributed by atoms with E-state index in [2.05, 4.69) is 24.1 Å². The average molecular weight is 384 g/mol. The van der Waals surface area contributed by atoms with Crippen molar-refractivity contribution in [3.8, 4) is 11.5 Å². The minimum absolute atomic E-state index is 0.216. The Balaban J connectivity index is 1.74. The van der Waals surface area contributed by atoms with Crippen LogP contribution in [0.1, 0.15) is 39.5 Å². The van der Waals surface area contributed by atoms with Gasteiger partial charge in [0, 0.05) is 6.42 Å². The zero-order valence-electron chi connectivity index (χ0n) is 16.5. The third-order valence-electron chi connectivity index (χ3n) is 3.84. The predicted molar refractivity (Wildman–Crippen MR) is 109 cm³/mol. The van der Waals surface area contributed by atoms with Crippen molar-refractivity contribution in [3.63, 3.8) is 0 Å². The molecule has 0 aliphatic rings. The minimum Gasteiger partial charge on any atom is -0.494 e. The first-order valence-corrected chi connectivity index (χ1v) is 9.62. The summed E-state index contributed by atoms with van der Waals surface area (Å²) >= 11 is 0. The summed E-state index contributed by atoms with van der Waals surface area (Å²) in [5, 5.41) is 17.1. The Labute approximate surface area is 166 Å². The highest BCUT2D eigenvalue weighted by Crippen LogP contribution is 2.23. The molecule has 2 aromatic carbocycles. The number of unbranched alkanes of at least 4 members (excludes halogenated alkanes) is 2. The fraction of sp³-hybridized carbons (Fsp3) is 0.409. The molecule has 0 bridgehead atoms. The van der Waals surface area contributed by atoms with Crippen molar-refractivity contribution in [1.82, 2.24) is 0 Å². The second kappa shape index (κ2) is 11.7. The van der Waals surface area contributed by atoms with Gasteiger partial charge in [0.15, 0.2) is 0 Å². The van der Waals surface area contributed by atoms with Gasteiger partial charge in [-0.2, -0.15) is 10.2 Å². The highest BCUT2D eigenvalue weighted by molar-refractivity contribution is 5.66. The summed E-state index contributed by atoms with van der Waals surface area (Å²) in [5.41, 5.74) is 1.51. The molecule has 0 aliphatic carbocycles. The number of hydrogen-bond acceptors (Lipinski definition) is 5. The lowest BCUT2D eigenvalue weighted by atomic mass is 10.2. The van der Waals surface area contributed by atoms with Crippen molar-refractivity contribution in [2.45, 2.75) is 39.5 Å². The zero-order chi connectivity index (χ0) is 20.2. The van der Waals surface area contributed by atoms with Gasteiger partial charge in [0.2, 0.25) is 0 Å². The van der Waals surface area contributed by atoms with Crippen molar-refractivity contribution in [1.29, 1.82) is 0 Å². The first-order valence-electron chi connectivity index (χ1n) is 9.62. The quantitative estimate of drug-likeness (QED) is 0.351. The number of azo groups is 1. The molecule has 0 heterocycles. The first-order chi connectivity index (χ1) is 13.5. The molecule has 0 aliphatic heterocycles. The Morgan fingerprint density at radius 2 is 1.39 bits per heavy atom. The molecule has 6 nitrogen and oxygen atoms in total. The number of carboxylic acids is 1. The summed E-state index contributed by atoms with van der Waals surface area (Å²) in [7, 11) is 0. The number of rotatable bonds is 12. The lowest BCUT2D eigenvalue weighted by Crippen LogP contribution is -2.03. The molecular formula is C22H28N2O4. The Hall–Kier alpha value is -2.89. The largest absolute Gasteiger partial charge is 0.494 e. The van der Waals surface area contributed by atoms with Crippen molar-refractivity contribution < 1.29 is 19.4 Å². The summed E-state index contributed by atoms with van der Waals surface area (Å²) in [4.78, 5) is 10.4. The number of benzene rings is 2. The molecule has 0 radical (unpaired) electrons. The summed E-state index contributed by atoms with van der Waals surface area (Å²) in [6.45, 7) is 5.49. The van der Waals surface area contributed by atoms with E-state index in [9.17, 15) is 4.79 Å². The van der Waals surface area contributed by atoms with Crippen molar-refractivity contribution >= 4 is 17.3 Å². The van der Waals surface area contributed by atoms with Crippen LogP contribution in [0.15, 0.2) is 58.8 Å². The SMILES string of the molecule is CC(C)COc1ccc(N=Nc2ccc(OCCCCCC(=O)O)cc2)cc1. The fourth-order valence-electron chi connectivity index (χ4n) is 2.34. The number of ether oxygens (including phenoxy) is 2. The second-order valence-corrected chi connectivity index (χ2v) is 6.95. The first kappa shape index (κ1) is 21.4. The molecule has 0 saturated carbocycles. The molecule has 0 saturated heterocycles. The summed E-state index contributed by atoms with van der Waals surface area (Å²) in [6.07, 6.45) is 2.59. The van der Waals surface area contributed by atoms with E-state index in [1.54, 1.807) is 0 Å². The van der Waals surface area contributed by atoms with Gasteiger partial charge in [-0.3, -0.25) is 4.79 Å². The standard InChI is InChI=1S/C22H28N2O4/c1-17(2)16-28-21-13-9-19(10-14-21)24-23-18-7-11-20(12-8-18)27-15-5-3-4-6-22(25)26/h7-14,17H,3-6,15-16H2,1-2H3,(H,25,26). The van der Waals surface area contributed by atoms with E-state index in [1.165, 1.54) is 0 Å². The number of aliphatic carboxylic acids is 1. The molecule has 2 aromatic rings. The molecule has 0 amide bonds. The van der Waals surface area contributed by atoms with E-state index in [4.69, 9.17) is 14.6 Å². The maximum Gasteiger partial charge on any atom is 0.303 e. The highest BCUT2D eigenvalue weighted by Gasteiger charge is 1.99. The van der Waals surface area contributed by atoms with Crippen LogP contribution in [0.25, 0.3) is 0 Å². The molecule has 0 unspecified atom stereocenters. The minimum atomic E-state index is -0.749. The average Bonchev–Trinajstić information content (AvgIpc) is 2.69. The Bertz CT molecular complexity index is 740. The van der Waals surface area contributed by atoms with E-state index in [1.807, 2.05) is 48.5 Å². The molecule has 0 spiro atoms. The Kier molecular flexibility index (Phi) is 8.98. The van der Waals surface area contributed by atoms with Crippen LogP contribution < -0.4 is 9.47 Å². The maximum atomic E-state index is 10.4. The van der Waals surface area contributed by atoms with Crippen molar-refractivity contribution in [2.24, 2.45) is 16.1 Å². The number of nitrogens with zero attached hydrogens (tertiary/aromatic N) is 2. The van der Waals surface area contributed by atoms with Gasteiger partial charge in [0.05, 0.1) is 24.6 Å². The van der Waals surface area contributed by atoms with Crippen LogP contribution in [0.3, 0.4) is 0 Å². The Morgan fingerprint density at radius 1 is 0.857 bits per heavy atom. The molecule has 2 rings (SSSR count). The molecule has 0 aromatic heterocycles. The monoisotopic (exact) mass is 384 g/mol. The Morgan fingerprint density at radius 3 is 1.89 bits per heavy atom. The van der Waals surface area contributed by atoms with Gasteiger partial charge in [0.25, 0.3) is 0 Å². The molecule has 0 fully saturated rings. The van der Waals surface area contributed by atoms with Crippen LogP contribution >= 0.6 is 0 Å². The van der Waals surface area contributed by atoms with Gasteiger partial charge in [-0.05, 0) is 73.7 Å². The molecule has 0 atom stereocenters. The van der Waals surface area contributed by atoms with Gasteiger partial charge in [-0.1, -0.05) is 13.8 Å². The van der Waals surface area contributed by atoms with Crippen molar-refractivity contribution in [3.05, 3.63) is 48.5 Å². The van der Waals surface area contributed by atoms with Gasteiger partial charge in [-0.25, -0.2) is 0 Å². The summed E-state index contributed by atoms with van der Waals surface area (Å²) < 4.78 is 11.3. The van der Waals surface area contributed by atoms with E-state index in [-0.39, 0.29) is 6.42 Å². The van der Waals surface area contributed by atoms with Gasteiger partial charge in [0.1, 0.15) is 11.5 Å². The van der Waals surface area contributed by atoms with Crippen LogP contribution in [0, 0.1) is 5.92 Å². The maximum absolute atomic E-state index is 10.4. The van der Waals surface area contributed by atoms with E-state index in [0.29, 0.717) is 25.6 Å². The van der Waals surface area contributed by atoms with Gasteiger partial charge in [-0.15, -0.1) is 0 Å².